The number of nitrogens with one attached hydrogen (secondary N) is 3. The molecule has 1 amide bonds. The van der Waals surface area contributed by atoms with E-state index >= 15 is 0 Å². The molecule has 2 aromatic heterocycles. The second kappa shape index (κ2) is 2.95. The number of fused-ring (bicyclic) bond motifs is 1. The van der Waals surface area contributed by atoms with Gasteiger partial charge in [-0.15, -0.1) is 0 Å². The Hall–Kier alpha value is -2.18. The number of aromatic amines is 2. The summed E-state index contributed by atoms with van der Waals surface area (Å²) >= 11 is 0. The van der Waals surface area contributed by atoms with E-state index in [1.54, 1.807) is 0 Å². The molecule has 0 saturated carbocycles. The molecule has 2 heterocycles. The van der Waals surface area contributed by atoms with Crippen LogP contribution in [0.4, 0.5) is 5.82 Å². The van der Waals surface area contributed by atoms with E-state index in [2.05, 4.69) is 25.3 Å². The molecule has 0 saturated heterocycles. The van der Waals surface area contributed by atoms with E-state index < -0.39 is 5.69 Å². The lowest BCUT2D eigenvalue weighted by Crippen LogP contribution is -2.16. The molecule has 0 aromatic carbocycles. The van der Waals surface area contributed by atoms with Gasteiger partial charge in [0.1, 0.15) is 11.3 Å². The van der Waals surface area contributed by atoms with Crippen molar-refractivity contribution in [3.8, 4) is 0 Å². The maximum absolute atomic E-state index is 11.0. The predicted molar refractivity (Wildman–Crippen MR) is 48.8 cm³/mol. The summed E-state index contributed by atoms with van der Waals surface area (Å²) in [7, 11) is 0. The van der Waals surface area contributed by atoms with Crippen LogP contribution in [-0.2, 0) is 4.79 Å². The smallest absolute Gasteiger partial charge is 0.329 e. The number of hydrogen-bond acceptors (Lipinski definition) is 4. The fourth-order valence-electron chi connectivity index (χ4n) is 1.12. The first-order valence-electron chi connectivity index (χ1n) is 3.88. The summed E-state index contributed by atoms with van der Waals surface area (Å²) in [4.78, 5) is 34.4. The Kier molecular flexibility index (Phi) is 1.77. The summed E-state index contributed by atoms with van der Waals surface area (Å²) in [6, 6.07) is 0. The van der Waals surface area contributed by atoms with Gasteiger partial charge in [0.15, 0.2) is 5.65 Å². The van der Waals surface area contributed by atoms with Crippen LogP contribution in [0, 0.1) is 0 Å². The van der Waals surface area contributed by atoms with E-state index in [-0.39, 0.29) is 11.7 Å². The van der Waals surface area contributed by atoms with E-state index in [1.807, 2.05) is 0 Å². The molecule has 0 aliphatic carbocycles. The van der Waals surface area contributed by atoms with Crippen LogP contribution in [0.25, 0.3) is 11.2 Å². The number of imidazole rings is 1. The van der Waals surface area contributed by atoms with Crippen molar-refractivity contribution < 1.29 is 4.79 Å². The number of carbonyl (C=O) groups is 1. The number of amides is 1. The van der Waals surface area contributed by atoms with Gasteiger partial charge in [-0.25, -0.2) is 9.78 Å². The number of H-pyrrole nitrogens is 2. The van der Waals surface area contributed by atoms with Gasteiger partial charge in [0, 0.05) is 6.92 Å². The second-order valence-corrected chi connectivity index (χ2v) is 2.70. The monoisotopic (exact) mass is 193 g/mol. The van der Waals surface area contributed by atoms with Crippen LogP contribution in [0.2, 0.25) is 0 Å². The third kappa shape index (κ3) is 1.35. The Morgan fingerprint density at radius 2 is 2.36 bits per heavy atom. The van der Waals surface area contributed by atoms with E-state index in [4.69, 9.17) is 0 Å². The highest BCUT2D eigenvalue weighted by molar-refractivity contribution is 5.95. The van der Waals surface area contributed by atoms with Gasteiger partial charge in [-0.1, -0.05) is 0 Å². The van der Waals surface area contributed by atoms with Crippen LogP contribution in [0.3, 0.4) is 0 Å². The number of rotatable bonds is 1. The van der Waals surface area contributed by atoms with Crippen molar-refractivity contribution >= 4 is 22.9 Å². The van der Waals surface area contributed by atoms with Crippen molar-refractivity contribution in [2.75, 3.05) is 5.32 Å². The summed E-state index contributed by atoms with van der Waals surface area (Å²) in [5, 5.41) is 2.46. The van der Waals surface area contributed by atoms with Crippen LogP contribution < -0.4 is 11.0 Å². The van der Waals surface area contributed by atoms with Crippen LogP contribution in [-0.4, -0.2) is 25.8 Å². The lowest BCUT2D eigenvalue weighted by Gasteiger charge is -2.00. The molecule has 0 atom stereocenters. The third-order valence-electron chi connectivity index (χ3n) is 1.60. The second-order valence-electron chi connectivity index (χ2n) is 2.70. The first-order chi connectivity index (χ1) is 6.66. The highest BCUT2D eigenvalue weighted by Crippen LogP contribution is 2.12. The van der Waals surface area contributed by atoms with Gasteiger partial charge in [0.25, 0.3) is 0 Å². The molecule has 0 bridgehead atoms. The summed E-state index contributed by atoms with van der Waals surface area (Å²) in [6.45, 7) is 1.34. The number of hydrogen-bond donors (Lipinski definition) is 3. The maximum atomic E-state index is 11.0. The van der Waals surface area contributed by atoms with Crippen molar-refractivity contribution in [3.05, 3.63) is 16.8 Å². The standard InChI is InChI=1S/C7H7N5O2/c1-3(13)10-6-4-5(9-2-8-4)11-7(14)12-6/h2H,1H3,(H3,8,9,10,11,12,13,14). The molecular formula is C7H7N5O2. The van der Waals surface area contributed by atoms with E-state index in [1.165, 1.54) is 13.3 Å². The minimum atomic E-state index is -0.537. The Bertz CT molecular complexity index is 540. The Balaban J connectivity index is 2.66. The largest absolute Gasteiger partial charge is 0.348 e. The minimum Gasteiger partial charge on any atom is -0.329 e. The highest BCUT2D eigenvalue weighted by Gasteiger charge is 2.07. The Labute approximate surface area is 77.6 Å². The lowest BCUT2D eigenvalue weighted by molar-refractivity contribution is -0.114. The molecule has 0 fully saturated rings. The van der Waals surface area contributed by atoms with Gasteiger partial charge < -0.3 is 10.3 Å². The highest BCUT2D eigenvalue weighted by atomic mass is 16.2. The Morgan fingerprint density at radius 3 is 3.07 bits per heavy atom. The first kappa shape index (κ1) is 8.42. The molecular weight excluding hydrogens is 186 g/mol. The van der Waals surface area contributed by atoms with E-state index in [9.17, 15) is 9.59 Å². The Morgan fingerprint density at radius 1 is 1.57 bits per heavy atom. The molecule has 7 heteroatoms. The molecule has 2 rings (SSSR count). The summed E-state index contributed by atoms with van der Waals surface area (Å²) in [5.41, 5.74) is 0.239. The quantitative estimate of drug-likeness (QED) is 0.573. The van der Waals surface area contributed by atoms with Crippen molar-refractivity contribution in [2.45, 2.75) is 6.92 Å². The fourth-order valence-corrected chi connectivity index (χ4v) is 1.12. The van der Waals surface area contributed by atoms with Crippen molar-refractivity contribution in [1.82, 2.24) is 19.9 Å². The third-order valence-corrected chi connectivity index (χ3v) is 1.60. The average Bonchev–Trinajstić information content (AvgIpc) is 2.50. The predicted octanol–water partition coefficient (Wildman–Crippen LogP) is -0.395. The molecule has 14 heavy (non-hydrogen) atoms. The van der Waals surface area contributed by atoms with Gasteiger partial charge in [-0.05, 0) is 0 Å². The van der Waals surface area contributed by atoms with Gasteiger partial charge in [0.2, 0.25) is 5.91 Å². The average molecular weight is 193 g/mol. The molecule has 72 valence electrons. The summed E-state index contributed by atoms with van der Waals surface area (Å²) in [5.74, 6) is -0.0232. The van der Waals surface area contributed by atoms with Gasteiger partial charge in [-0.2, -0.15) is 4.98 Å². The maximum Gasteiger partial charge on any atom is 0.348 e. The molecule has 0 radical (unpaired) electrons. The van der Waals surface area contributed by atoms with Gasteiger partial charge in [-0.3, -0.25) is 9.78 Å². The van der Waals surface area contributed by atoms with E-state index in [0.29, 0.717) is 11.2 Å². The number of nitrogens with zero attached hydrogens (tertiary/aromatic N) is 2. The summed E-state index contributed by atoms with van der Waals surface area (Å²) in [6.07, 6.45) is 1.40. The van der Waals surface area contributed by atoms with Crippen LogP contribution in [0.1, 0.15) is 6.92 Å². The number of aromatic nitrogens is 4. The van der Waals surface area contributed by atoms with Gasteiger partial charge in [0.05, 0.1) is 6.33 Å². The molecule has 2 aromatic rings. The molecule has 0 spiro atoms. The van der Waals surface area contributed by atoms with Crippen molar-refractivity contribution in [3.63, 3.8) is 0 Å². The van der Waals surface area contributed by atoms with Crippen LogP contribution in [0.5, 0.6) is 0 Å². The topological polar surface area (TPSA) is 104 Å². The summed E-state index contributed by atoms with van der Waals surface area (Å²) < 4.78 is 0. The molecule has 0 unspecified atom stereocenters. The van der Waals surface area contributed by atoms with Crippen molar-refractivity contribution in [2.24, 2.45) is 0 Å². The molecule has 3 N–H and O–H groups in total. The molecule has 7 nitrogen and oxygen atoms in total. The number of anilines is 1. The normalized spacial score (nSPS) is 10.4. The van der Waals surface area contributed by atoms with Gasteiger partial charge >= 0.3 is 5.69 Å². The minimum absolute atomic E-state index is 0.258. The fraction of sp³-hybridized carbons (Fsp3) is 0.143. The lowest BCUT2D eigenvalue weighted by atomic mass is 10.5. The molecule has 0 aliphatic heterocycles. The zero-order valence-corrected chi connectivity index (χ0v) is 7.29. The molecule has 0 aliphatic rings. The van der Waals surface area contributed by atoms with E-state index in [0.717, 1.165) is 0 Å². The van der Waals surface area contributed by atoms with Crippen LogP contribution >= 0.6 is 0 Å². The SMILES string of the molecule is CC(=O)Nc1[nH]c(=O)nc2[nH]cnc12. The first-order valence-corrected chi connectivity index (χ1v) is 3.88. The van der Waals surface area contributed by atoms with Crippen molar-refractivity contribution in [1.29, 1.82) is 0 Å². The zero-order chi connectivity index (χ0) is 10.1. The van der Waals surface area contributed by atoms with Crippen LogP contribution in [0.15, 0.2) is 11.1 Å². The zero-order valence-electron chi connectivity index (χ0n) is 7.29. The number of carbonyl (C=O) groups excluding carboxylic acids is 1.